The van der Waals surface area contributed by atoms with E-state index in [0.29, 0.717) is 4.68 Å². The Labute approximate surface area is 122 Å². The zero-order valence-electron chi connectivity index (χ0n) is 10.7. The molecule has 0 aliphatic rings. The molecule has 0 spiro atoms. The molecule has 0 N–H and O–H groups in total. The van der Waals surface area contributed by atoms with Crippen molar-refractivity contribution in [1.29, 1.82) is 0 Å². The molecule has 2 rings (SSSR count). The van der Waals surface area contributed by atoms with Gasteiger partial charge in [0.2, 0.25) is 0 Å². The smallest absolute Gasteiger partial charge is 0.434 e. The maximum absolute atomic E-state index is 13.2. The molecule has 0 saturated heterocycles. The van der Waals surface area contributed by atoms with Crippen molar-refractivity contribution in [3.63, 3.8) is 0 Å². The van der Waals surface area contributed by atoms with E-state index in [1.807, 2.05) is 0 Å². The fourth-order valence-electron chi connectivity index (χ4n) is 1.67. The third kappa shape index (κ3) is 3.15. The normalized spacial score (nSPS) is 11.5. The van der Waals surface area contributed by atoms with Gasteiger partial charge in [-0.2, -0.15) is 18.3 Å². The third-order valence-electron chi connectivity index (χ3n) is 2.45. The van der Waals surface area contributed by atoms with Gasteiger partial charge in [0.1, 0.15) is 10.7 Å². The van der Waals surface area contributed by atoms with Crippen molar-refractivity contribution in [2.45, 2.75) is 13.1 Å². The van der Waals surface area contributed by atoms with Crippen LogP contribution in [0.1, 0.15) is 23.0 Å². The van der Waals surface area contributed by atoms with Crippen LogP contribution in [0, 0.1) is 0 Å². The standard InChI is InChI=1S/C12H9ClF3N3O2/c1-2-21-11(20)7-6-17-19(10(7)12(14,15)16)9-5-3-4-8(13)18-9/h3-6H,2H2,1H3. The maximum Gasteiger partial charge on any atom is 0.434 e. The van der Waals surface area contributed by atoms with Gasteiger partial charge >= 0.3 is 12.1 Å². The van der Waals surface area contributed by atoms with Gasteiger partial charge in [0, 0.05) is 0 Å². The monoisotopic (exact) mass is 319 g/mol. The van der Waals surface area contributed by atoms with Gasteiger partial charge in [0.25, 0.3) is 0 Å². The van der Waals surface area contributed by atoms with Crippen molar-refractivity contribution in [2.24, 2.45) is 0 Å². The van der Waals surface area contributed by atoms with Gasteiger partial charge in [0.15, 0.2) is 11.5 Å². The maximum atomic E-state index is 13.2. The zero-order valence-corrected chi connectivity index (χ0v) is 11.4. The first-order valence-electron chi connectivity index (χ1n) is 5.80. The first-order chi connectivity index (χ1) is 9.84. The molecule has 2 aromatic rings. The van der Waals surface area contributed by atoms with Crippen LogP contribution in [0.25, 0.3) is 5.82 Å². The Bertz CT molecular complexity index is 670. The molecule has 21 heavy (non-hydrogen) atoms. The average Bonchev–Trinajstić information content (AvgIpc) is 2.83. The third-order valence-corrected chi connectivity index (χ3v) is 2.66. The van der Waals surface area contributed by atoms with Gasteiger partial charge in [-0.1, -0.05) is 17.7 Å². The second-order valence-electron chi connectivity index (χ2n) is 3.86. The minimum absolute atomic E-state index is 0.00816. The molecule has 2 heterocycles. The molecule has 5 nitrogen and oxygen atoms in total. The van der Waals surface area contributed by atoms with Gasteiger partial charge in [-0.3, -0.25) is 0 Å². The summed E-state index contributed by atoms with van der Waals surface area (Å²) in [7, 11) is 0. The minimum Gasteiger partial charge on any atom is -0.462 e. The molecule has 0 bridgehead atoms. The molecule has 0 radical (unpaired) electrons. The predicted molar refractivity (Wildman–Crippen MR) is 67.3 cm³/mol. The molecule has 0 atom stereocenters. The molecule has 2 aromatic heterocycles. The molecule has 112 valence electrons. The second-order valence-corrected chi connectivity index (χ2v) is 4.24. The van der Waals surface area contributed by atoms with E-state index < -0.39 is 23.4 Å². The van der Waals surface area contributed by atoms with Crippen LogP contribution in [0.2, 0.25) is 5.15 Å². The molecule has 9 heteroatoms. The van der Waals surface area contributed by atoms with Gasteiger partial charge in [-0.25, -0.2) is 14.5 Å². The van der Waals surface area contributed by atoms with Crippen molar-refractivity contribution in [3.05, 3.63) is 40.8 Å². The number of carbonyl (C=O) groups is 1. The average molecular weight is 320 g/mol. The van der Waals surface area contributed by atoms with Crippen LogP contribution in [-0.4, -0.2) is 27.3 Å². The number of rotatable bonds is 3. The fraction of sp³-hybridized carbons (Fsp3) is 0.250. The van der Waals surface area contributed by atoms with Crippen LogP contribution >= 0.6 is 11.6 Å². The molecular formula is C12H9ClF3N3O2. The predicted octanol–water partition coefficient (Wildman–Crippen LogP) is 3.12. The number of alkyl halides is 3. The summed E-state index contributed by atoms with van der Waals surface area (Å²) in [5.41, 5.74) is -1.93. The Morgan fingerprint density at radius 3 is 2.71 bits per heavy atom. The highest BCUT2D eigenvalue weighted by Gasteiger charge is 2.41. The van der Waals surface area contributed by atoms with E-state index in [-0.39, 0.29) is 17.6 Å². The van der Waals surface area contributed by atoms with Gasteiger partial charge in [-0.15, -0.1) is 0 Å². The topological polar surface area (TPSA) is 57.0 Å². The van der Waals surface area contributed by atoms with Crippen LogP contribution in [0.4, 0.5) is 13.2 Å². The van der Waals surface area contributed by atoms with E-state index in [0.717, 1.165) is 6.20 Å². The van der Waals surface area contributed by atoms with E-state index in [1.54, 1.807) is 0 Å². The molecule has 0 aliphatic heterocycles. The minimum atomic E-state index is -4.80. The Hall–Kier alpha value is -2.09. The Morgan fingerprint density at radius 1 is 1.43 bits per heavy atom. The van der Waals surface area contributed by atoms with Crippen molar-refractivity contribution in [3.8, 4) is 5.82 Å². The fourth-order valence-corrected chi connectivity index (χ4v) is 1.83. The van der Waals surface area contributed by atoms with Crippen LogP contribution in [0.5, 0.6) is 0 Å². The van der Waals surface area contributed by atoms with E-state index in [2.05, 4.69) is 14.8 Å². The first-order valence-corrected chi connectivity index (χ1v) is 6.17. The number of hydrogen-bond acceptors (Lipinski definition) is 4. The quantitative estimate of drug-likeness (QED) is 0.644. The largest absolute Gasteiger partial charge is 0.462 e. The number of esters is 1. The summed E-state index contributed by atoms with van der Waals surface area (Å²) in [5, 5.41) is 3.58. The highest BCUT2D eigenvalue weighted by atomic mass is 35.5. The van der Waals surface area contributed by atoms with Crippen LogP contribution in [0.3, 0.4) is 0 Å². The summed E-state index contributed by atoms with van der Waals surface area (Å²) in [4.78, 5) is 15.4. The number of hydrogen-bond donors (Lipinski definition) is 0. The van der Waals surface area contributed by atoms with Crippen molar-refractivity contribution < 1.29 is 22.7 Å². The molecule has 0 unspecified atom stereocenters. The molecular weight excluding hydrogens is 311 g/mol. The van der Waals surface area contributed by atoms with E-state index >= 15 is 0 Å². The molecule has 0 saturated carbocycles. The van der Waals surface area contributed by atoms with Crippen molar-refractivity contribution in [2.75, 3.05) is 6.61 Å². The Balaban J connectivity index is 2.60. The second kappa shape index (κ2) is 5.72. The number of nitrogens with zero attached hydrogens (tertiary/aromatic N) is 3. The number of aromatic nitrogens is 3. The zero-order chi connectivity index (χ0) is 15.6. The van der Waals surface area contributed by atoms with Crippen LogP contribution in [-0.2, 0) is 10.9 Å². The molecule has 0 amide bonds. The summed E-state index contributed by atoms with van der Waals surface area (Å²) in [6, 6.07) is 4.13. The van der Waals surface area contributed by atoms with Crippen LogP contribution < -0.4 is 0 Å². The summed E-state index contributed by atoms with van der Waals surface area (Å²) in [6.45, 7) is 1.45. The van der Waals surface area contributed by atoms with Crippen molar-refractivity contribution in [1.82, 2.24) is 14.8 Å². The number of halogens is 4. The van der Waals surface area contributed by atoms with Gasteiger partial charge in [-0.05, 0) is 19.1 Å². The summed E-state index contributed by atoms with van der Waals surface area (Å²) in [5.74, 6) is -1.25. The molecule has 0 aliphatic carbocycles. The number of pyridine rings is 1. The molecule has 0 fully saturated rings. The Morgan fingerprint density at radius 2 is 2.14 bits per heavy atom. The highest BCUT2D eigenvalue weighted by molar-refractivity contribution is 6.29. The number of ether oxygens (including phenoxy) is 1. The molecule has 0 aromatic carbocycles. The SMILES string of the molecule is CCOC(=O)c1cnn(-c2cccc(Cl)n2)c1C(F)(F)F. The lowest BCUT2D eigenvalue weighted by Gasteiger charge is -2.11. The first kappa shape index (κ1) is 15.3. The Kier molecular flexibility index (Phi) is 4.17. The lowest BCUT2D eigenvalue weighted by Crippen LogP contribution is -2.19. The van der Waals surface area contributed by atoms with E-state index in [9.17, 15) is 18.0 Å². The lowest BCUT2D eigenvalue weighted by atomic mass is 10.2. The van der Waals surface area contributed by atoms with Gasteiger partial charge < -0.3 is 4.74 Å². The number of carbonyl (C=O) groups excluding carboxylic acids is 1. The lowest BCUT2D eigenvalue weighted by molar-refractivity contribution is -0.143. The highest BCUT2D eigenvalue weighted by Crippen LogP contribution is 2.33. The summed E-state index contributed by atoms with van der Waals surface area (Å²) in [6.07, 6.45) is -4.01. The van der Waals surface area contributed by atoms with Crippen LogP contribution in [0.15, 0.2) is 24.4 Å². The van der Waals surface area contributed by atoms with Gasteiger partial charge in [0.05, 0.1) is 12.8 Å². The summed E-state index contributed by atoms with van der Waals surface area (Å²) >= 11 is 5.66. The summed E-state index contributed by atoms with van der Waals surface area (Å²) < 4.78 is 44.7. The van der Waals surface area contributed by atoms with Crippen molar-refractivity contribution >= 4 is 17.6 Å². The van der Waals surface area contributed by atoms with E-state index in [4.69, 9.17) is 11.6 Å². The van der Waals surface area contributed by atoms with E-state index in [1.165, 1.54) is 25.1 Å².